The van der Waals surface area contributed by atoms with Gasteiger partial charge in [0, 0.05) is 24.2 Å². The van der Waals surface area contributed by atoms with Gasteiger partial charge in [-0.1, -0.05) is 0 Å². The molecule has 0 saturated heterocycles. The topological polar surface area (TPSA) is 48.1 Å². The molecule has 0 atom stereocenters. The van der Waals surface area contributed by atoms with Crippen LogP contribution in [0.3, 0.4) is 0 Å². The summed E-state index contributed by atoms with van der Waals surface area (Å²) in [6.07, 6.45) is 4.09. The molecule has 0 radical (unpaired) electrons. The van der Waals surface area contributed by atoms with Gasteiger partial charge >= 0.3 is 0 Å². The number of aromatic nitrogens is 1. The minimum atomic E-state index is 0.161. The monoisotopic (exact) mass is 178 g/mol. The summed E-state index contributed by atoms with van der Waals surface area (Å²) in [6.45, 7) is 0.688. The first-order chi connectivity index (χ1) is 6.30. The Bertz CT molecular complexity index is 308. The zero-order chi connectivity index (χ0) is 9.31. The molecule has 1 aliphatic rings. The van der Waals surface area contributed by atoms with Crippen LogP contribution in [0.2, 0.25) is 0 Å². The lowest BCUT2D eigenvalue weighted by Gasteiger charge is -2.11. The summed E-state index contributed by atoms with van der Waals surface area (Å²) in [7, 11) is 1.67. The third-order valence-corrected chi connectivity index (χ3v) is 2.75. The Hall–Kier alpha value is -1.09. The Morgan fingerprint density at radius 2 is 2.38 bits per heavy atom. The zero-order valence-corrected chi connectivity index (χ0v) is 7.79. The quantitative estimate of drug-likeness (QED) is 0.753. The predicted molar refractivity (Wildman–Crippen MR) is 50.8 cm³/mol. The van der Waals surface area contributed by atoms with Crippen LogP contribution < -0.4 is 10.5 Å². The van der Waals surface area contributed by atoms with Gasteiger partial charge < -0.3 is 10.5 Å². The van der Waals surface area contributed by atoms with E-state index in [2.05, 4.69) is 4.98 Å². The molecular formula is C10H14N2O. The lowest BCUT2D eigenvalue weighted by Crippen LogP contribution is -2.20. The van der Waals surface area contributed by atoms with Crippen LogP contribution in [0.25, 0.3) is 0 Å². The van der Waals surface area contributed by atoms with E-state index in [9.17, 15) is 0 Å². The molecule has 2 N–H and O–H groups in total. The second kappa shape index (κ2) is 3.00. The fourth-order valence-electron chi connectivity index (χ4n) is 1.54. The summed E-state index contributed by atoms with van der Waals surface area (Å²) in [5, 5.41) is 0. The van der Waals surface area contributed by atoms with Crippen molar-refractivity contribution in [1.82, 2.24) is 4.98 Å². The molecule has 1 heterocycles. The van der Waals surface area contributed by atoms with E-state index in [4.69, 9.17) is 10.5 Å². The molecule has 1 saturated carbocycles. The van der Waals surface area contributed by atoms with Crippen molar-refractivity contribution in [3.8, 4) is 5.75 Å². The van der Waals surface area contributed by atoms with Crippen LogP contribution in [-0.4, -0.2) is 18.6 Å². The molecule has 1 fully saturated rings. The predicted octanol–water partition coefficient (Wildman–Crippen LogP) is 1.08. The summed E-state index contributed by atoms with van der Waals surface area (Å²) in [6, 6.07) is 3.84. The van der Waals surface area contributed by atoms with Gasteiger partial charge in [-0.2, -0.15) is 0 Å². The van der Waals surface area contributed by atoms with E-state index in [1.807, 2.05) is 12.1 Å². The van der Waals surface area contributed by atoms with E-state index in [1.165, 1.54) is 0 Å². The van der Waals surface area contributed by atoms with E-state index in [0.29, 0.717) is 6.54 Å². The highest BCUT2D eigenvalue weighted by molar-refractivity contribution is 5.32. The Kier molecular flexibility index (Phi) is 1.96. The van der Waals surface area contributed by atoms with Gasteiger partial charge in [0.2, 0.25) is 0 Å². The van der Waals surface area contributed by atoms with E-state index in [-0.39, 0.29) is 5.41 Å². The Morgan fingerprint density at radius 3 is 2.92 bits per heavy atom. The standard InChI is InChI=1S/C10H14N2O/c1-13-8-2-5-12-9(6-8)10(7-11)3-4-10/h2,5-6H,3-4,7,11H2,1H3. The molecule has 0 amide bonds. The highest BCUT2D eigenvalue weighted by Gasteiger charge is 2.44. The van der Waals surface area contributed by atoms with Gasteiger partial charge in [0.25, 0.3) is 0 Å². The Labute approximate surface area is 77.9 Å². The van der Waals surface area contributed by atoms with Gasteiger partial charge in [-0.05, 0) is 18.9 Å². The molecule has 3 heteroatoms. The van der Waals surface area contributed by atoms with Gasteiger partial charge in [0.05, 0.1) is 12.8 Å². The average Bonchev–Trinajstić information content (AvgIpc) is 2.99. The summed E-state index contributed by atoms with van der Waals surface area (Å²) in [5.74, 6) is 0.865. The van der Waals surface area contributed by atoms with E-state index >= 15 is 0 Å². The maximum atomic E-state index is 5.71. The summed E-state index contributed by atoms with van der Waals surface area (Å²) in [4.78, 5) is 4.33. The number of rotatable bonds is 3. The molecule has 0 aromatic carbocycles. The van der Waals surface area contributed by atoms with Crippen molar-refractivity contribution in [3.05, 3.63) is 24.0 Å². The fraction of sp³-hybridized carbons (Fsp3) is 0.500. The summed E-state index contributed by atoms with van der Waals surface area (Å²) >= 11 is 0. The van der Waals surface area contributed by atoms with E-state index < -0.39 is 0 Å². The lowest BCUT2D eigenvalue weighted by atomic mass is 10.0. The van der Waals surface area contributed by atoms with Crippen molar-refractivity contribution < 1.29 is 4.74 Å². The Morgan fingerprint density at radius 1 is 1.62 bits per heavy atom. The first-order valence-electron chi connectivity index (χ1n) is 4.51. The molecule has 1 aliphatic carbocycles. The molecule has 0 spiro atoms. The molecule has 3 nitrogen and oxygen atoms in total. The van der Waals surface area contributed by atoms with Crippen molar-refractivity contribution >= 4 is 0 Å². The molecule has 0 bridgehead atoms. The van der Waals surface area contributed by atoms with Crippen LogP contribution in [0.1, 0.15) is 18.5 Å². The minimum absolute atomic E-state index is 0.161. The van der Waals surface area contributed by atoms with Gasteiger partial charge in [0.15, 0.2) is 0 Å². The third-order valence-electron chi connectivity index (χ3n) is 2.75. The van der Waals surface area contributed by atoms with Crippen molar-refractivity contribution in [1.29, 1.82) is 0 Å². The zero-order valence-electron chi connectivity index (χ0n) is 7.79. The van der Waals surface area contributed by atoms with Crippen molar-refractivity contribution in [2.75, 3.05) is 13.7 Å². The number of nitrogens with two attached hydrogens (primary N) is 1. The summed E-state index contributed by atoms with van der Waals surface area (Å²) < 4.78 is 5.14. The number of ether oxygens (including phenoxy) is 1. The SMILES string of the molecule is COc1ccnc(C2(CN)CC2)c1. The van der Waals surface area contributed by atoms with Crippen molar-refractivity contribution in [2.45, 2.75) is 18.3 Å². The van der Waals surface area contributed by atoms with Gasteiger partial charge in [-0.15, -0.1) is 0 Å². The molecule has 1 aromatic rings. The largest absolute Gasteiger partial charge is 0.497 e. The van der Waals surface area contributed by atoms with Crippen LogP contribution in [0.5, 0.6) is 5.75 Å². The molecule has 70 valence electrons. The van der Waals surface area contributed by atoms with Crippen LogP contribution in [-0.2, 0) is 5.41 Å². The van der Waals surface area contributed by atoms with E-state index in [0.717, 1.165) is 24.3 Å². The number of hydrogen-bond acceptors (Lipinski definition) is 3. The van der Waals surface area contributed by atoms with Crippen LogP contribution in [0.4, 0.5) is 0 Å². The van der Waals surface area contributed by atoms with Crippen molar-refractivity contribution in [2.24, 2.45) is 5.73 Å². The molecule has 1 aromatic heterocycles. The normalized spacial score (nSPS) is 18.3. The molecule has 13 heavy (non-hydrogen) atoms. The second-order valence-corrected chi connectivity index (χ2v) is 3.57. The smallest absolute Gasteiger partial charge is 0.122 e. The maximum absolute atomic E-state index is 5.71. The molecule has 2 rings (SSSR count). The van der Waals surface area contributed by atoms with Gasteiger partial charge in [-0.25, -0.2) is 0 Å². The summed E-state index contributed by atoms with van der Waals surface area (Å²) in [5.41, 5.74) is 6.95. The molecule has 0 aliphatic heterocycles. The van der Waals surface area contributed by atoms with Crippen LogP contribution in [0.15, 0.2) is 18.3 Å². The minimum Gasteiger partial charge on any atom is -0.497 e. The van der Waals surface area contributed by atoms with Crippen LogP contribution >= 0.6 is 0 Å². The lowest BCUT2D eigenvalue weighted by molar-refractivity contribution is 0.412. The van der Waals surface area contributed by atoms with E-state index in [1.54, 1.807) is 13.3 Å². The maximum Gasteiger partial charge on any atom is 0.122 e. The number of hydrogen-bond donors (Lipinski definition) is 1. The highest BCUT2D eigenvalue weighted by Crippen LogP contribution is 2.46. The second-order valence-electron chi connectivity index (χ2n) is 3.57. The highest BCUT2D eigenvalue weighted by atomic mass is 16.5. The van der Waals surface area contributed by atoms with Crippen molar-refractivity contribution in [3.63, 3.8) is 0 Å². The van der Waals surface area contributed by atoms with Gasteiger partial charge in [0.1, 0.15) is 5.75 Å². The Balaban J connectivity index is 2.30. The van der Waals surface area contributed by atoms with Crippen LogP contribution in [0, 0.1) is 0 Å². The fourth-order valence-corrected chi connectivity index (χ4v) is 1.54. The first kappa shape index (κ1) is 8.51. The first-order valence-corrected chi connectivity index (χ1v) is 4.51. The third kappa shape index (κ3) is 1.40. The molecular weight excluding hydrogens is 164 g/mol. The molecule has 0 unspecified atom stereocenters. The average molecular weight is 178 g/mol. The number of methoxy groups -OCH3 is 1. The number of nitrogens with zero attached hydrogens (tertiary/aromatic N) is 1. The number of pyridine rings is 1. The van der Waals surface area contributed by atoms with Gasteiger partial charge in [-0.3, -0.25) is 4.98 Å².